The van der Waals surface area contributed by atoms with Gasteiger partial charge in [-0.25, -0.2) is 9.97 Å². The molecule has 1 unspecified atom stereocenters. The van der Waals surface area contributed by atoms with Crippen molar-refractivity contribution in [1.29, 1.82) is 0 Å². The van der Waals surface area contributed by atoms with E-state index in [2.05, 4.69) is 47.9 Å². The van der Waals surface area contributed by atoms with E-state index in [0.717, 1.165) is 44.1 Å². The van der Waals surface area contributed by atoms with Crippen LogP contribution in [0.4, 0.5) is 10.8 Å². The number of aryl methyl sites for hydroxylation is 1. The first kappa shape index (κ1) is 48.2. The highest BCUT2D eigenvalue weighted by atomic mass is 32.1. The van der Waals surface area contributed by atoms with Crippen molar-refractivity contribution in [2.45, 2.75) is 71.4 Å². The van der Waals surface area contributed by atoms with Gasteiger partial charge in [-0.1, -0.05) is 99.6 Å². The topological polar surface area (TPSA) is 180 Å². The molecule has 2 aromatic heterocycles. The molecule has 17 heteroatoms. The van der Waals surface area contributed by atoms with E-state index in [9.17, 15) is 29.1 Å². The Balaban J connectivity index is 0.774. The van der Waals surface area contributed by atoms with Crippen LogP contribution < -0.4 is 20.9 Å². The fraction of sp³-hybridized carbons (Fsp3) is 0.340. The van der Waals surface area contributed by atoms with Gasteiger partial charge in [0.15, 0.2) is 5.13 Å². The Labute approximate surface area is 415 Å². The van der Waals surface area contributed by atoms with E-state index in [1.54, 1.807) is 27.8 Å². The largest absolute Gasteiger partial charge is 0.391 e. The number of nitrogens with zero attached hydrogens (tertiary/aromatic N) is 6. The smallest absolute Gasteiger partial charge is 0.255 e. The summed E-state index contributed by atoms with van der Waals surface area (Å²) in [6.45, 7) is 10.9. The predicted molar refractivity (Wildman–Crippen MR) is 272 cm³/mol. The first-order chi connectivity index (χ1) is 33.7. The fourth-order valence-electron chi connectivity index (χ4n) is 9.50. The average molecular weight is 980 g/mol. The molecule has 3 aliphatic rings. The molecule has 70 heavy (non-hydrogen) atoms. The normalized spacial score (nSPS) is 18.1. The van der Waals surface area contributed by atoms with Gasteiger partial charge in [0.1, 0.15) is 18.1 Å². The monoisotopic (exact) mass is 979 g/mol. The first-order valence-electron chi connectivity index (χ1n) is 23.5. The Hall–Kier alpha value is -6.79. The number of aliphatic hydroxyl groups is 1. The maximum absolute atomic E-state index is 14.2. The molecule has 4 N–H and O–H groups in total. The fourth-order valence-corrected chi connectivity index (χ4v) is 10.8. The highest BCUT2D eigenvalue weighted by molar-refractivity contribution is 7.14. The van der Waals surface area contributed by atoms with Crippen LogP contribution in [-0.4, -0.2) is 117 Å². The van der Waals surface area contributed by atoms with Gasteiger partial charge < -0.3 is 30.4 Å². The molecule has 2 fully saturated rings. The van der Waals surface area contributed by atoms with Crippen LogP contribution in [0, 0.1) is 12.3 Å². The lowest BCUT2D eigenvalue weighted by Gasteiger charge is -2.37. The van der Waals surface area contributed by atoms with Crippen LogP contribution in [0.1, 0.15) is 66.0 Å². The van der Waals surface area contributed by atoms with Crippen molar-refractivity contribution in [2.24, 2.45) is 5.41 Å². The van der Waals surface area contributed by atoms with E-state index in [1.807, 2.05) is 118 Å². The molecule has 9 rings (SSSR count). The number of carbonyl (C=O) groups is 5. The van der Waals surface area contributed by atoms with E-state index in [1.165, 1.54) is 16.2 Å². The van der Waals surface area contributed by atoms with Crippen molar-refractivity contribution in [1.82, 2.24) is 35.3 Å². The summed E-state index contributed by atoms with van der Waals surface area (Å²) in [6, 6.07) is 28.7. The van der Waals surface area contributed by atoms with Crippen molar-refractivity contribution in [2.75, 3.05) is 49.5 Å². The van der Waals surface area contributed by atoms with Gasteiger partial charge in [0.25, 0.3) is 11.8 Å². The molecule has 0 aliphatic carbocycles. The molecule has 0 radical (unpaired) electrons. The zero-order valence-corrected chi connectivity index (χ0v) is 41.3. The summed E-state index contributed by atoms with van der Waals surface area (Å²) < 4.78 is 0. The lowest BCUT2D eigenvalue weighted by atomic mass is 9.85. The van der Waals surface area contributed by atoms with Gasteiger partial charge in [0.2, 0.25) is 17.7 Å². The third-order valence-corrected chi connectivity index (χ3v) is 15.0. The molecule has 6 aromatic rings. The van der Waals surface area contributed by atoms with Gasteiger partial charge in [-0.3, -0.25) is 34.2 Å². The number of aliphatic hydroxyl groups excluding tert-OH is 1. The molecule has 0 spiro atoms. The Morgan fingerprint density at radius 1 is 0.857 bits per heavy atom. The van der Waals surface area contributed by atoms with Crippen molar-refractivity contribution in [3.05, 3.63) is 142 Å². The summed E-state index contributed by atoms with van der Waals surface area (Å²) in [5.74, 6) is -1.56. The van der Waals surface area contributed by atoms with Gasteiger partial charge in [-0.15, -0.1) is 22.7 Å². The number of carbonyl (C=O) groups excluding carboxylic acids is 5. The molecule has 0 saturated carbocycles. The van der Waals surface area contributed by atoms with Gasteiger partial charge in [0.05, 0.1) is 28.7 Å². The number of benzene rings is 4. The van der Waals surface area contributed by atoms with E-state index in [0.29, 0.717) is 49.0 Å². The molecule has 4 atom stereocenters. The number of aromatic nitrogens is 2. The SMILES string of the molecule is Cc1ncsc1-c1ccc(CNC(=O)[C@H]2C[C@H](O)CN2C(=O)[C@H](NC(=O)CN2CCN(c3ccc(-c4ccc5c(c4)C(=O)N(C(C(=O)Nc4nccs4)c4ccccc4)C5)cc3)CC2)C(C)(C)C)cc1. The van der Waals surface area contributed by atoms with E-state index >= 15 is 0 Å². The molecule has 5 amide bonds. The third kappa shape index (κ3) is 10.7. The second-order valence-corrected chi connectivity index (χ2v) is 20.9. The van der Waals surface area contributed by atoms with Crippen molar-refractivity contribution >= 4 is 63.0 Å². The predicted octanol–water partition coefficient (Wildman–Crippen LogP) is 6.51. The van der Waals surface area contributed by atoms with Crippen LogP contribution in [0.2, 0.25) is 0 Å². The minimum atomic E-state index is -0.919. The summed E-state index contributed by atoms with van der Waals surface area (Å²) in [5, 5.41) is 21.8. The third-order valence-electron chi connectivity index (χ3n) is 13.3. The molecule has 3 aliphatic heterocycles. The van der Waals surface area contributed by atoms with E-state index in [4.69, 9.17) is 0 Å². The second-order valence-electron chi connectivity index (χ2n) is 19.2. The number of β-amino-alcohol motifs (C(OH)–C–C–N with tert-alkyl or cyclic N) is 1. The molecular formula is C53H57N9O6S2. The minimum absolute atomic E-state index is 0.00301. The maximum Gasteiger partial charge on any atom is 0.255 e. The first-order valence-corrected chi connectivity index (χ1v) is 25.3. The number of amides is 5. The van der Waals surface area contributed by atoms with Crippen molar-refractivity contribution in [3.8, 4) is 21.6 Å². The number of likely N-dealkylation sites (tertiary alicyclic amines) is 1. The number of rotatable bonds is 14. The number of anilines is 2. The van der Waals surface area contributed by atoms with Gasteiger partial charge in [0, 0.05) is 75.1 Å². The molecular weight excluding hydrogens is 923 g/mol. The van der Waals surface area contributed by atoms with Crippen LogP contribution in [-0.2, 0) is 32.3 Å². The minimum Gasteiger partial charge on any atom is -0.391 e. The van der Waals surface area contributed by atoms with Gasteiger partial charge >= 0.3 is 0 Å². The molecule has 2 saturated heterocycles. The Kier molecular flexibility index (Phi) is 14.2. The lowest BCUT2D eigenvalue weighted by Crippen LogP contribution is -2.59. The molecule has 4 aromatic carbocycles. The summed E-state index contributed by atoms with van der Waals surface area (Å²) in [6.07, 6.45) is 0.874. The maximum atomic E-state index is 14.2. The number of piperazine rings is 1. The van der Waals surface area contributed by atoms with Gasteiger partial charge in [-0.05, 0) is 63.9 Å². The number of thiazole rings is 2. The standard InChI is InChI=1S/C53H57N9O6S2/c1-33-46(70-32-56-33)37-12-10-34(11-13-37)28-55-48(65)43-27-41(63)30-61(43)51(68)47(53(2,3)4)57-44(64)31-59-21-23-60(24-22-59)40-18-16-35(17-19-40)38-14-15-39-29-62(50(67)42(39)26-38)45(36-8-6-5-7-9-36)49(66)58-52-54-20-25-69-52/h5-20,25-26,32,41,43,45,47,63H,21-24,27-31H2,1-4H3,(H,55,65)(H,57,64)(H,54,58,66)/t41-,43+,45?,47-/m0/s1. The Morgan fingerprint density at radius 3 is 2.24 bits per heavy atom. The van der Waals surface area contributed by atoms with E-state index < -0.39 is 35.6 Å². The highest BCUT2D eigenvalue weighted by Crippen LogP contribution is 2.36. The van der Waals surface area contributed by atoms with E-state index in [-0.39, 0.29) is 49.7 Å². The molecule has 5 heterocycles. The average Bonchev–Trinajstić information content (AvgIpc) is 4.18. The van der Waals surface area contributed by atoms with Crippen LogP contribution in [0.15, 0.2) is 114 Å². The summed E-state index contributed by atoms with van der Waals surface area (Å²) in [4.78, 5) is 86.2. The number of fused-ring (bicyclic) bond motifs is 1. The van der Waals surface area contributed by atoms with Gasteiger partial charge in [-0.2, -0.15) is 0 Å². The number of hydrogen-bond donors (Lipinski definition) is 4. The highest BCUT2D eigenvalue weighted by Gasteiger charge is 2.45. The molecule has 15 nitrogen and oxygen atoms in total. The van der Waals surface area contributed by atoms with Crippen LogP contribution >= 0.6 is 22.7 Å². The number of nitrogens with one attached hydrogen (secondary N) is 3. The number of hydrogen-bond acceptors (Lipinski definition) is 12. The lowest BCUT2D eigenvalue weighted by molar-refractivity contribution is -0.144. The van der Waals surface area contributed by atoms with Crippen molar-refractivity contribution < 1.29 is 29.1 Å². The Morgan fingerprint density at radius 2 is 1.57 bits per heavy atom. The zero-order chi connectivity index (χ0) is 49.1. The molecule has 362 valence electrons. The summed E-state index contributed by atoms with van der Waals surface area (Å²) in [7, 11) is 0. The van der Waals surface area contributed by atoms with Crippen LogP contribution in [0.25, 0.3) is 21.6 Å². The van der Waals surface area contributed by atoms with Crippen molar-refractivity contribution in [3.63, 3.8) is 0 Å². The van der Waals surface area contributed by atoms with Crippen LogP contribution in [0.5, 0.6) is 0 Å². The Bertz CT molecular complexity index is 2840. The summed E-state index contributed by atoms with van der Waals surface area (Å²) in [5.41, 5.74) is 9.10. The second kappa shape index (κ2) is 20.7. The molecule has 0 bridgehead atoms. The summed E-state index contributed by atoms with van der Waals surface area (Å²) >= 11 is 2.90. The zero-order valence-electron chi connectivity index (χ0n) is 39.6. The quantitative estimate of drug-likeness (QED) is 0.0941. The van der Waals surface area contributed by atoms with Crippen LogP contribution in [0.3, 0.4) is 0 Å².